The molecule has 1 atom stereocenters. The summed E-state index contributed by atoms with van der Waals surface area (Å²) >= 11 is 0. The van der Waals surface area contributed by atoms with Crippen molar-refractivity contribution in [1.29, 1.82) is 0 Å². The Hall–Kier alpha value is -1.62. The molecule has 0 fully saturated rings. The molecule has 0 amide bonds. The van der Waals surface area contributed by atoms with Gasteiger partial charge in [-0.1, -0.05) is 0 Å². The van der Waals surface area contributed by atoms with E-state index in [4.69, 9.17) is 5.73 Å². The topological polar surface area (TPSA) is 72.5 Å². The summed E-state index contributed by atoms with van der Waals surface area (Å²) < 4.78 is 1.98. The predicted octanol–water partition coefficient (Wildman–Crippen LogP) is 1.94. The molecule has 0 saturated heterocycles. The van der Waals surface area contributed by atoms with E-state index in [9.17, 15) is 0 Å². The molecule has 5 heteroatoms. The molecule has 0 saturated carbocycles. The van der Waals surface area contributed by atoms with E-state index in [1.54, 1.807) is 0 Å². The second kappa shape index (κ2) is 4.24. The van der Waals surface area contributed by atoms with Gasteiger partial charge < -0.3 is 10.7 Å². The van der Waals surface area contributed by atoms with E-state index < -0.39 is 0 Å². The molecule has 0 spiro atoms. The van der Waals surface area contributed by atoms with Gasteiger partial charge in [-0.2, -0.15) is 5.10 Å². The maximum Gasteiger partial charge on any atom is 0.156 e. The van der Waals surface area contributed by atoms with E-state index in [0.29, 0.717) is 0 Å². The summed E-state index contributed by atoms with van der Waals surface area (Å²) in [6, 6.07) is 2.15. The molecular formula is C13H19N5. The average Bonchev–Trinajstić information content (AvgIpc) is 2.92. The SMILES string of the molecule is CCn1nc(C)cc1-c1nc2c([nH]1)CCCC2N. The van der Waals surface area contributed by atoms with Crippen LogP contribution in [0, 0.1) is 6.92 Å². The minimum Gasteiger partial charge on any atom is -0.340 e. The van der Waals surface area contributed by atoms with E-state index in [0.717, 1.165) is 48.7 Å². The lowest BCUT2D eigenvalue weighted by molar-refractivity contribution is 0.555. The van der Waals surface area contributed by atoms with Crippen molar-refractivity contribution in [3.05, 3.63) is 23.1 Å². The largest absolute Gasteiger partial charge is 0.340 e. The smallest absolute Gasteiger partial charge is 0.156 e. The van der Waals surface area contributed by atoms with Crippen LogP contribution in [0.1, 0.15) is 42.9 Å². The number of nitrogens with zero attached hydrogens (tertiary/aromatic N) is 3. The molecule has 2 aromatic heterocycles. The number of aryl methyl sites for hydroxylation is 3. The zero-order valence-electron chi connectivity index (χ0n) is 10.9. The van der Waals surface area contributed by atoms with Crippen molar-refractivity contribution in [2.24, 2.45) is 5.73 Å². The summed E-state index contributed by atoms with van der Waals surface area (Å²) in [6.07, 6.45) is 3.22. The van der Waals surface area contributed by atoms with Gasteiger partial charge in [0.1, 0.15) is 5.69 Å². The molecule has 2 heterocycles. The minimum atomic E-state index is 0.0813. The van der Waals surface area contributed by atoms with Gasteiger partial charge >= 0.3 is 0 Å². The van der Waals surface area contributed by atoms with Crippen LogP contribution in [0.15, 0.2) is 6.07 Å². The van der Waals surface area contributed by atoms with Crippen LogP contribution in [0.3, 0.4) is 0 Å². The lowest BCUT2D eigenvalue weighted by atomic mass is 9.97. The van der Waals surface area contributed by atoms with Gasteiger partial charge in [-0.15, -0.1) is 0 Å². The summed E-state index contributed by atoms with van der Waals surface area (Å²) in [5.41, 5.74) is 10.4. The molecule has 1 unspecified atom stereocenters. The van der Waals surface area contributed by atoms with Crippen LogP contribution in [-0.4, -0.2) is 19.7 Å². The van der Waals surface area contributed by atoms with Gasteiger partial charge in [-0.05, 0) is 39.2 Å². The standard InChI is InChI=1S/C13H19N5/c1-3-18-11(7-8(2)17-18)13-15-10-6-4-5-9(14)12(10)16-13/h7,9H,3-6,14H2,1-2H3,(H,15,16). The fourth-order valence-corrected chi connectivity index (χ4v) is 2.65. The molecule has 2 aromatic rings. The van der Waals surface area contributed by atoms with Crippen LogP contribution in [0.5, 0.6) is 0 Å². The number of hydrogen-bond donors (Lipinski definition) is 2. The highest BCUT2D eigenvalue weighted by Gasteiger charge is 2.22. The third kappa shape index (κ3) is 1.75. The Morgan fingerprint density at radius 2 is 2.39 bits per heavy atom. The molecule has 1 aliphatic rings. The first-order valence-corrected chi connectivity index (χ1v) is 6.58. The van der Waals surface area contributed by atoms with Crippen LogP contribution in [0.4, 0.5) is 0 Å². The van der Waals surface area contributed by atoms with Crippen molar-refractivity contribution in [3.8, 4) is 11.5 Å². The normalized spacial score (nSPS) is 18.9. The van der Waals surface area contributed by atoms with Crippen molar-refractivity contribution in [2.75, 3.05) is 0 Å². The van der Waals surface area contributed by atoms with E-state index in [1.807, 2.05) is 11.6 Å². The van der Waals surface area contributed by atoms with E-state index in [-0.39, 0.29) is 6.04 Å². The molecule has 0 aliphatic heterocycles. The van der Waals surface area contributed by atoms with Crippen LogP contribution in [0.2, 0.25) is 0 Å². The summed E-state index contributed by atoms with van der Waals surface area (Å²) in [7, 11) is 0. The van der Waals surface area contributed by atoms with Crippen molar-refractivity contribution >= 4 is 0 Å². The van der Waals surface area contributed by atoms with Gasteiger partial charge in [0.05, 0.1) is 11.4 Å². The van der Waals surface area contributed by atoms with Gasteiger partial charge in [-0.3, -0.25) is 4.68 Å². The Morgan fingerprint density at radius 3 is 3.11 bits per heavy atom. The van der Waals surface area contributed by atoms with Crippen LogP contribution >= 0.6 is 0 Å². The van der Waals surface area contributed by atoms with Crippen LogP contribution in [-0.2, 0) is 13.0 Å². The highest BCUT2D eigenvalue weighted by Crippen LogP contribution is 2.29. The number of imidazole rings is 1. The minimum absolute atomic E-state index is 0.0813. The van der Waals surface area contributed by atoms with E-state index >= 15 is 0 Å². The third-order valence-corrected chi connectivity index (χ3v) is 3.55. The maximum absolute atomic E-state index is 6.11. The van der Waals surface area contributed by atoms with Crippen LogP contribution < -0.4 is 5.73 Å². The second-order valence-corrected chi connectivity index (χ2v) is 4.93. The van der Waals surface area contributed by atoms with E-state index in [1.165, 1.54) is 5.69 Å². The van der Waals surface area contributed by atoms with Crippen molar-refractivity contribution in [1.82, 2.24) is 19.7 Å². The summed E-state index contributed by atoms with van der Waals surface area (Å²) in [5, 5.41) is 4.46. The Kier molecular flexibility index (Phi) is 2.70. The molecule has 18 heavy (non-hydrogen) atoms. The van der Waals surface area contributed by atoms with Crippen LogP contribution in [0.25, 0.3) is 11.5 Å². The molecular weight excluding hydrogens is 226 g/mol. The first-order chi connectivity index (χ1) is 8.69. The summed E-state index contributed by atoms with van der Waals surface area (Å²) in [5.74, 6) is 0.903. The van der Waals surface area contributed by atoms with Crippen molar-refractivity contribution in [2.45, 2.75) is 45.7 Å². The zero-order valence-corrected chi connectivity index (χ0v) is 10.9. The first-order valence-electron chi connectivity index (χ1n) is 6.58. The number of H-pyrrole nitrogens is 1. The lowest BCUT2D eigenvalue weighted by Crippen LogP contribution is -2.17. The van der Waals surface area contributed by atoms with Crippen molar-refractivity contribution < 1.29 is 0 Å². The number of rotatable bonds is 2. The molecule has 0 aromatic carbocycles. The first kappa shape index (κ1) is 11.5. The molecule has 3 N–H and O–H groups in total. The van der Waals surface area contributed by atoms with Gasteiger partial charge in [0, 0.05) is 18.3 Å². The van der Waals surface area contributed by atoms with Gasteiger partial charge in [0.25, 0.3) is 0 Å². The monoisotopic (exact) mass is 245 g/mol. The van der Waals surface area contributed by atoms with Gasteiger partial charge in [-0.25, -0.2) is 4.98 Å². The number of aromatic amines is 1. The number of fused-ring (bicyclic) bond motifs is 1. The Balaban J connectivity index is 2.07. The second-order valence-electron chi connectivity index (χ2n) is 4.93. The molecule has 5 nitrogen and oxygen atoms in total. The third-order valence-electron chi connectivity index (χ3n) is 3.55. The predicted molar refractivity (Wildman–Crippen MR) is 70.1 cm³/mol. The number of nitrogens with two attached hydrogens (primary N) is 1. The highest BCUT2D eigenvalue weighted by molar-refractivity contribution is 5.52. The average molecular weight is 245 g/mol. The Morgan fingerprint density at radius 1 is 1.56 bits per heavy atom. The molecule has 1 aliphatic carbocycles. The molecule has 3 rings (SSSR count). The lowest BCUT2D eigenvalue weighted by Gasteiger charge is -2.15. The summed E-state index contributed by atoms with van der Waals surface area (Å²) in [6.45, 7) is 4.94. The Labute approximate surface area is 106 Å². The zero-order chi connectivity index (χ0) is 12.7. The molecule has 0 bridgehead atoms. The Bertz CT molecular complexity index is 566. The molecule has 96 valence electrons. The fourth-order valence-electron chi connectivity index (χ4n) is 2.65. The number of hydrogen-bond acceptors (Lipinski definition) is 3. The summed E-state index contributed by atoms with van der Waals surface area (Å²) in [4.78, 5) is 8.10. The highest BCUT2D eigenvalue weighted by atomic mass is 15.3. The fraction of sp³-hybridized carbons (Fsp3) is 0.538. The molecule has 0 radical (unpaired) electrons. The quantitative estimate of drug-likeness (QED) is 0.849. The van der Waals surface area contributed by atoms with Gasteiger partial charge in [0.2, 0.25) is 0 Å². The van der Waals surface area contributed by atoms with Crippen molar-refractivity contribution in [3.63, 3.8) is 0 Å². The van der Waals surface area contributed by atoms with E-state index in [2.05, 4.69) is 28.1 Å². The number of aromatic nitrogens is 4. The number of nitrogens with one attached hydrogen (secondary N) is 1. The maximum atomic E-state index is 6.11. The van der Waals surface area contributed by atoms with Gasteiger partial charge in [0.15, 0.2) is 5.82 Å².